The van der Waals surface area contributed by atoms with Crippen LogP contribution in [-0.4, -0.2) is 30.0 Å². The summed E-state index contributed by atoms with van der Waals surface area (Å²) in [5.41, 5.74) is -0.914. The van der Waals surface area contributed by atoms with Crippen LogP contribution >= 0.6 is 0 Å². The van der Waals surface area contributed by atoms with Gasteiger partial charge in [0.2, 0.25) is 0 Å². The quantitative estimate of drug-likeness (QED) is 0.465. The van der Waals surface area contributed by atoms with Crippen molar-refractivity contribution in [2.24, 2.45) is 0 Å². The molecule has 0 aliphatic rings. The monoisotopic (exact) mass is 236 g/mol. The summed E-state index contributed by atoms with van der Waals surface area (Å²) in [4.78, 5) is 24.9. The van der Waals surface area contributed by atoms with Crippen molar-refractivity contribution in [1.82, 2.24) is 4.98 Å². The summed E-state index contributed by atoms with van der Waals surface area (Å²) >= 11 is 0. The molecule has 0 radical (unpaired) electrons. The molecule has 0 unspecified atom stereocenters. The van der Waals surface area contributed by atoms with E-state index in [1.165, 1.54) is 7.05 Å². The first kappa shape index (κ1) is 12.4. The first-order chi connectivity index (χ1) is 8.06. The zero-order valence-corrected chi connectivity index (χ0v) is 9.05. The number of aromatic nitrogens is 1. The minimum atomic E-state index is -0.826. The number of carbonyl (C=O) groups is 1. The van der Waals surface area contributed by atoms with E-state index in [-0.39, 0.29) is 22.6 Å². The molecule has 1 aromatic rings. The molecule has 0 aliphatic carbocycles. The van der Waals surface area contributed by atoms with Gasteiger partial charge in [-0.2, -0.15) is 5.26 Å². The fraction of sp³-hybridized carbons (Fsp3) is 0.222. The zero-order valence-electron chi connectivity index (χ0n) is 9.05. The molecule has 0 amide bonds. The largest absolute Gasteiger partial charge is 0.464 e. The molecule has 0 aliphatic heterocycles. The third kappa shape index (κ3) is 2.12. The van der Waals surface area contributed by atoms with Crippen molar-refractivity contribution in [2.75, 3.05) is 19.5 Å². The third-order valence-corrected chi connectivity index (χ3v) is 2.00. The number of esters is 1. The second-order valence-corrected chi connectivity index (χ2v) is 2.85. The standard InChI is InChI=1S/C9H8N4O4/c1-11-7-5(3-10)8(9(14)17-2)12-4-6(7)13(15)16/h4H,1-2H3,(H,11,12). The van der Waals surface area contributed by atoms with E-state index in [4.69, 9.17) is 5.26 Å². The van der Waals surface area contributed by atoms with Crippen LogP contribution in [0.3, 0.4) is 0 Å². The van der Waals surface area contributed by atoms with Crippen molar-refractivity contribution in [1.29, 1.82) is 5.26 Å². The number of nitro groups is 1. The Labute approximate surface area is 96.0 Å². The number of nitriles is 1. The number of anilines is 1. The molecule has 0 aromatic carbocycles. The van der Waals surface area contributed by atoms with Crippen LogP contribution in [0.2, 0.25) is 0 Å². The Balaban J connectivity index is 3.55. The van der Waals surface area contributed by atoms with Gasteiger partial charge >= 0.3 is 11.7 Å². The van der Waals surface area contributed by atoms with Gasteiger partial charge in [0.25, 0.3) is 0 Å². The van der Waals surface area contributed by atoms with Crippen molar-refractivity contribution in [3.63, 3.8) is 0 Å². The Morgan fingerprint density at radius 1 is 1.71 bits per heavy atom. The number of pyridine rings is 1. The summed E-state index contributed by atoms with van der Waals surface area (Å²) in [7, 11) is 2.54. The van der Waals surface area contributed by atoms with Gasteiger partial charge in [-0.1, -0.05) is 0 Å². The van der Waals surface area contributed by atoms with Crippen LogP contribution in [0.4, 0.5) is 11.4 Å². The Hall–Kier alpha value is -2.69. The zero-order chi connectivity index (χ0) is 13.0. The van der Waals surface area contributed by atoms with E-state index in [0.29, 0.717) is 0 Å². The van der Waals surface area contributed by atoms with Crippen molar-refractivity contribution < 1.29 is 14.5 Å². The summed E-state index contributed by atoms with van der Waals surface area (Å²) < 4.78 is 4.43. The van der Waals surface area contributed by atoms with Gasteiger partial charge in [-0.3, -0.25) is 10.1 Å². The number of hydrogen-bond donors (Lipinski definition) is 1. The van der Waals surface area contributed by atoms with E-state index >= 15 is 0 Å². The lowest BCUT2D eigenvalue weighted by Gasteiger charge is -2.06. The molecule has 0 atom stereocenters. The normalized spacial score (nSPS) is 9.24. The van der Waals surface area contributed by atoms with E-state index in [9.17, 15) is 14.9 Å². The van der Waals surface area contributed by atoms with Crippen LogP contribution in [0.1, 0.15) is 16.1 Å². The van der Waals surface area contributed by atoms with Gasteiger partial charge < -0.3 is 10.1 Å². The average molecular weight is 236 g/mol. The lowest BCUT2D eigenvalue weighted by molar-refractivity contribution is -0.384. The lowest BCUT2D eigenvalue weighted by atomic mass is 10.1. The molecule has 0 fully saturated rings. The van der Waals surface area contributed by atoms with Crippen molar-refractivity contribution >= 4 is 17.3 Å². The molecule has 88 valence electrons. The van der Waals surface area contributed by atoms with E-state index in [1.54, 1.807) is 6.07 Å². The van der Waals surface area contributed by atoms with Crippen LogP contribution < -0.4 is 5.32 Å². The van der Waals surface area contributed by atoms with Crippen molar-refractivity contribution in [2.45, 2.75) is 0 Å². The van der Waals surface area contributed by atoms with Gasteiger partial charge in [-0.25, -0.2) is 9.78 Å². The number of methoxy groups -OCH3 is 1. The molecular formula is C9H8N4O4. The van der Waals surface area contributed by atoms with E-state index in [1.807, 2.05) is 0 Å². The Bertz CT molecular complexity index is 520. The van der Waals surface area contributed by atoms with Crippen LogP contribution in [0, 0.1) is 21.4 Å². The maximum atomic E-state index is 11.3. The first-order valence-corrected chi connectivity index (χ1v) is 4.40. The molecule has 1 rings (SSSR count). The van der Waals surface area contributed by atoms with Crippen LogP contribution in [0.5, 0.6) is 0 Å². The van der Waals surface area contributed by atoms with Gasteiger partial charge in [-0.15, -0.1) is 0 Å². The molecule has 0 saturated heterocycles. The predicted molar refractivity (Wildman–Crippen MR) is 56.5 cm³/mol. The molecule has 0 bridgehead atoms. The third-order valence-electron chi connectivity index (χ3n) is 2.00. The van der Waals surface area contributed by atoms with E-state index in [0.717, 1.165) is 13.3 Å². The summed E-state index contributed by atoms with van der Waals surface area (Å²) in [5, 5.41) is 22.1. The van der Waals surface area contributed by atoms with Gasteiger partial charge in [-0.05, 0) is 0 Å². The molecular weight excluding hydrogens is 228 g/mol. The highest BCUT2D eigenvalue weighted by Crippen LogP contribution is 2.28. The number of hydrogen-bond acceptors (Lipinski definition) is 7. The van der Waals surface area contributed by atoms with Crippen LogP contribution in [-0.2, 0) is 4.74 Å². The molecule has 8 nitrogen and oxygen atoms in total. The molecule has 1 aromatic heterocycles. The van der Waals surface area contributed by atoms with Crippen LogP contribution in [0.25, 0.3) is 0 Å². The van der Waals surface area contributed by atoms with Crippen molar-refractivity contribution in [3.8, 4) is 6.07 Å². The maximum Gasteiger partial charge on any atom is 0.358 e. The van der Waals surface area contributed by atoms with Gasteiger partial charge in [0.15, 0.2) is 5.69 Å². The minimum absolute atomic E-state index is 0.0621. The summed E-state index contributed by atoms with van der Waals surface area (Å²) in [6.07, 6.45) is 0.902. The second-order valence-electron chi connectivity index (χ2n) is 2.85. The fourth-order valence-corrected chi connectivity index (χ4v) is 1.25. The SMILES string of the molecule is CNc1c([N+](=O)[O-])cnc(C(=O)OC)c1C#N. The fourth-order valence-electron chi connectivity index (χ4n) is 1.25. The van der Waals surface area contributed by atoms with Gasteiger partial charge in [0, 0.05) is 7.05 Å². The van der Waals surface area contributed by atoms with E-state index in [2.05, 4.69) is 15.0 Å². The molecule has 8 heteroatoms. The number of nitrogens with one attached hydrogen (secondary N) is 1. The molecule has 17 heavy (non-hydrogen) atoms. The molecule has 0 spiro atoms. The first-order valence-electron chi connectivity index (χ1n) is 4.40. The maximum absolute atomic E-state index is 11.3. The molecule has 0 saturated carbocycles. The number of nitrogens with zero attached hydrogens (tertiary/aromatic N) is 3. The Kier molecular flexibility index (Phi) is 3.56. The molecule has 1 N–H and O–H groups in total. The van der Waals surface area contributed by atoms with Crippen LogP contribution in [0.15, 0.2) is 6.20 Å². The average Bonchev–Trinajstić information content (AvgIpc) is 2.35. The van der Waals surface area contributed by atoms with Crippen molar-refractivity contribution in [3.05, 3.63) is 27.6 Å². The number of carbonyl (C=O) groups excluding carboxylic acids is 1. The summed E-state index contributed by atoms with van der Waals surface area (Å²) in [6.45, 7) is 0. The summed E-state index contributed by atoms with van der Waals surface area (Å²) in [6, 6.07) is 1.70. The topological polar surface area (TPSA) is 118 Å². The van der Waals surface area contributed by atoms with E-state index < -0.39 is 10.9 Å². The highest BCUT2D eigenvalue weighted by molar-refractivity contribution is 5.93. The number of rotatable bonds is 3. The molecule has 1 heterocycles. The smallest absolute Gasteiger partial charge is 0.358 e. The minimum Gasteiger partial charge on any atom is -0.464 e. The Morgan fingerprint density at radius 3 is 2.76 bits per heavy atom. The predicted octanol–water partition coefficient (Wildman–Crippen LogP) is 0.690. The summed E-state index contributed by atoms with van der Waals surface area (Å²) in [5.74, 6) is -0.826. The highest BCUT2D eigenvalue weighted by atomic mass is 16.6. The van der Waals surface area contributed by atoms with Gasteiger partial charge in [0.05, 0.1) is 12.0 Å². The Morgan fingerprint density at radius 2 is 2.35 bits per heavy atom. The lowest BCUT2D eigenvalue weighted by Crippen LogP contribution is -2.11. The second kappa shape index (κ2) is 4.89. The number of ether oxygens (including phenoxy) is 1. The highest BCUT2D eigenvalue weighted by Gasteiger charge is 2.25. The van der Waals surface area contributed by atoms with Gasteiger partial charge in [0.1, 0.15) is 23.5 Å².